The molecule has 0 aliphatic rings. The molecule has 0 saturated carbocycles. The number of amides is 1. The SMILES string of the molecule is CCN(CC)c1c(C)cc(C)c(NC(C)=O)c1C. The average Bonchev–Trinajstić information content (AvgIpc) is 2.29. The Labute approximate surface area is 110 Å². The molecule has 0 saturated heterocycles. The van der Waals surface area contributed by atoms with Crippen molar-refractivity contribution < 1.29 is 4.79 Å². The van der Waals surface area contributed by atoms with Gasteiger partial charge in [-0.05, 0) is 51.3 Å². The van der Waals surface area contributed by atoms with Crippen LogP contribution in [0, 0.1) is 20.8 Å². The van der Waals surface area contributed by atoms with Gasteiger partial charge in [0.15, 0.2) is 0 Å². The summed E-state index contributed by atoms with van der Waals surface area (Å²) in [7, 11) is 0. The Morgan fingerprint density at radius 1 is 1.17 bits per heavy atom. The number of nitrogens with zero attached hydrogens (tertiary/aromatic N) is 1. The van der Waals surface area contributed by atoms with Gasteiger partial charge in [0.25, 0.3) is 0 Å². The molecule has 3 nitrogen and oxygen atoms in total. The molecule has 1 rings (SSSR count). The van der Waals surface area contributed by atoms with E-state index in [9.17, 15) is 4.79 Å². The van der Waals surface area contributed by atoms with Crippen LogP contribution in [0.5, 0.6) is 0 Å². The van der Waals surface area contributed by atoms with E-state index in [0.717, 1.165) is 29.9 Å². The van der Waals surface area contributed by atoms with Crippen molar-refractivity contribution in [1.82, 2.24) is 0 Å². The first kappa shape index (κ1) is 14.6. The molecule has 100 valence electrons. The van der Waals surface area contributed by atoms with E-state index in [1.165, 1.54) is 11.3 Å². The molecular weight excluding hydrogens is 224 g/mol. The molecule has 1 N–H and O–H groups in total. The molecular formula is C15H24N2O. The largest absolute Gasteiger partial charge is 0.372 e. The molecule has 3 heteroatoms. The number of carbonyl (C=O) groups is 1. The minimum atomic E-state index is -0.0180. The number of rotatable bonds is 4. The lowest BCUT2D eigenvalue weighted by Crippen LogP contribution is -2.24. The van der Waals surface area contributed by atoms with Gasteiger partial charge in [-0.2, -0.15) is 0 Å². The van der Waals surface area contributed by atoms with Gasteiger partial charge >= 0.3 is 0 Å². The number of aryl methyl sites for hydroxylation is 2. The highest BCUT2D eigenvalue weighted by atomic mass is 16.1. The summed E-state index contributed by atoms with van der Waals surface area (Å²) in [6.45, 7) is 14.1. The summed E-state index contributed by atoms with van der Waals surface area (Å²) in [6.07, 6.45) is 0. The molecule has 1 amide bonds. The highest BCUT2D eigenvalue weighted by molar-refractivity contribution is 5.92. The van der Waals surface area contributed by atoms with Crippen LogP contribution in [0.2, 0.25) is 0 Å². The van der Waals surface area contributed by atoms with Crippen LogP contribution in [0.3, 0.4) is 0 Å². The summed E-state index contributed by atoms with van der Waals surface area (Å²) in [5.74, 6) is -0.0180. The molecule has 0 fully saturated rings. The molecule has 1 aromatic rings. The number of nitrogens with one attached hydrogen (secondary N) is 1. The quantitative estimate of drug-likeness (QED) is 0.885. The molecule has 0 aliphatic carbocycles. The minimum Gasteiger partial charge on any atom is -0.372 e. The predicted octanol–water partition coefficient (Wildman–Crippen LogP) is 3.42. The lowest BCUT2D eigenvalue weighted by molar-refractivity contribution is -0.114. The smallest absolute Gasteiger partial charge is 0.221 e. The van der Waals surface area contributed by atoms with Crippen molar-refractivity contribution >= 4 is 17.3 Å². The van der Waals surface area contributed by atoms with Gasteiger partial charge in [-0.3, -0.25) is 4.79 Å². The molecule has 0 heterocycles. The van der Waals surface area contributed by atoms with E-state index in [2.05, 4.69) is 44.0 Å². The molecule has 0 unspecified atom stereocenters. The third-order valence-electron chi connectivity index (χ3n) is 3.31. The van der Waals surface area contributed by atoms with Gasteiger partial charge in [-0.15, -0.1) is 0 Å². The average molecular weight is 248 g/mol. The van der Waals surface area contributed by atoms with E-state index in [4.69, 9.17) is 0 Å². The second kappa shape index (κ2) is 5.89. The number of anilines is 2. The summed E-state index contributed by atoms with van der Waals surface area (Å²) >= 11 is 0. The van der Waals surface area contributed by atoms with Crippen LogP contribution < -0.4 is 10.2 Å². The third kappa shape index (κ3) is 2.84. The van der Waals surface area contributed by atoms with Crippen molar-refractivity contribution in [3.8, 4) is 0 Å². The number of hydrogen-bond donors (Lipinski definition) is 1. The summed E-state index contributed by atoms with van der Waals surface area (Å²) in [6, 6.07) is 2.14. The van der Waals surface area contributed by atoms with Crippen molar-refractivity contribution in [3.05, 3.63) is 22.8 Å². The predicted molar refractivity (Wildman–Crippen MR) is 78.5 cm³/mol. The molecule has 18 heavy (non-hydrogen) atoms. The van der Waals surface area contributed by atoms with Gasteiger partial charge in [-0.25, -0.2) is 0 Å². The van der Waals surface area contributed by atoms with Crippen LogP contribution in [0.25, 0.3) is 0 Å². The van der Waals surface area contributed by atoms with E-state index in [0.29, 0.717) is 0 Å². The summed E-state index contributed by atoms with van der Waals surface area (Å²) in [5.41, 5.74) is 5.75. The standard InChI is InChI=1S/C15H24N2O/c1-7-17(8-2)15-11(4)9-10(3)14(12(15)5)16-13(6)18/h9H,7-8H2,1-6H3,(H,16,18). The van der Waals surface area contributed by atoms with Gasteiger partial charge in [-0.1, -0.05) is 6.07 Å². The monoisotopic (exact) mass is 248 g/mol. The van der Waals surface area contributed by atoms with Crippen LogP contribution in [0.4, 0.5) is 11.4 Å². The number of carbonyl (C=O) groups excluding carboxylic acids is 1. The summed E-state index contributed by atoms with van der Waals surface area (Å²) in [5, 5.41) is 2.95. The summed E-state index contributed by atoms with van der Waals surface area (Å²) in [4.78, 5) is 13.6. The molecule has 0 bridgehead atoms. The van der Waals surface area contributed by atoms with E-state index in [-0.39, 0.29) is 5.91 Å². The molecule has 0 atom stereocenters. The zero-order chi connectivity index (χ0) is 13.9. The van der Waals surface area contributed by atoms with Crippen molar-refractivity contribution in [3.63, 3.8) is 0 Å². The van der Waals surface area contributed by atoms with Gasteiger partial charge < -0.3 is 10.2 Å². The van der Waals surface area contributed by atoms with Crippen molar-refractivity contribution in [2.45, 2.75) is 41.5 Å². The Kier molecular flexibility index (Phi) is 4.76. The third-order valence-corrected chi connectivity index (χ3v) is 3.31. The van der Waals surface area contributed by atoms with Gasteiger partial charge in [0.05, 0.1) is 0 Å². The Morgan fingerprint density at radius 3 is 2.17 bits per heavy atom. The Balaban J connectivity index is 3.38. The lowest BCUT2D eigenvalue weighted by atomic mass is 10.0. The zero-order valence-corrected chi connectivity index (χ0v) is 12.3. The zero-order valence-electron chi connectivity index (χ0n) is 12.3. The maximum atomic E-state index is 11.3. The van der Waals surface area contributed by atoms with E-state index < -0.39 is 0 Å². The van der Waals surface area contributed by atoms with Crippen molar-refractivity contribution in [1.29, 1.82) is 0 Å². The van der Waals surface area contributed by atoms with E-state index in [1.54, 1.807) is 6.92 Å². The van der Waals surface area contributed by atoms with Crippen molar-refractivity contribution in [2.24, 2.45) is 0 Å². The topological polar surface area (TPSA) is 32.3 Å². The number of benzene rings is 1. The fraction of sp³-hybridized carbons (Fsp3) is 0.533. The van der Waals surface area contributed by atoms with Gasteiger partial charge in [0.2, 0.25) is 5.91 Å². The first-order valence-electron chi connectivity index (χ1n) is 6.55. The van der Waals surface area contributed by atoms with Crippen LogP contribution in [0.15, 0.2) is 6.07 Å². The maximum absolute atomic E-state index is 11.3. The van der Waals surface area contributed by atoms with Crippen LogP contribution in [-0.4, -0.2) is 19.0 Å². The van der Waals surface area contributed by atoms with E-state index in [1.807, 2.05) is 6.92 Å². The first-order valence-corrected chi connectivity index (χ1v) is 6.55. The van der Waals surface area contributed by atoms with Crippen molar-refractivity contribution in [2.75, 3.05) is 23.3 Å². The molecule has 1 aromatic carbocycles. The van der Waals surface area contributed by atoms with E-state index >= 15 is 0 Å². The minimum absolute atomic E-state index is 0.0180. The first-order chi connectivity index (χ1) is 8.42. The Bertz CT molecular complexity index is 448. The lowest BCUT2D eigenvalue weighted by Gasteiger charge is -2.27. The van der Waals surface area contributed by atoms with Gasteiger partial charge in [0.1, 0.15) is 0 Å². The maximum Gasteiger partial charge on any atom is 0.221 e. The highest BCUT2D eigenvalue weighted by Gasteiger charge is 2.15. The van der Waals surface area contributed by atoms with Gasteiger partial charge in [0, 0.05) is 31.4 Å². The molecule has 0 aliphatic heterocycles. The van der Waals surface area contributed by atoms with Crippen LogP contribution in [0.1, 0.15) is 37.5 Å². The normalized spacial score (nSPS) is 10.3. The Hall–Kier alpha value is -1.51. The summed E-state index contributed by atoms with van der Waals surface area (Å²) < 4.78 is 0. The van der Waals surface area contributed by atoms with Crippen LogP contribution in [-0.2, 0) is 4.79 Å². The fourth-order valence-electron chi connectivity index (χ4n) is 2.57. The second-order valence-electron chi connectivity index (χ2n) is 4.71. The number of hydrogen-bond acceptors (Lipinski definition) is 2. The highest BCUT2D eigenvalue weighted by Crippen LogP contribution is 2.33. The molecule has 0 spiro atoms. The second-order valence-corrected chi connectivity index (χ2v) is 4.71. The molecule has 0 aromatic heterocycles. The molecule has 0 radical (unpaired) electrons. The van der Waals surface area contributed by atoms with Crippen LogP contribution >= 0.6 is 0 Å². The fourth-order valence-corrected chi connectivity index (χ4v) is 2.57. The Morgan fingerprint density at radius 2 is 1.72 bits per heavy atom.